The van der Waals surface area contributed by atoms with Crippen molar-refractivity contribution in [2.75, 3.05) is 5.32 Å². The summed E-state index contributed by atoms with van der Waals surface area (Å²) in [4.78, 5) is 0. The van der Waals surface area contributed by atoms with Gasteiger partial charge in [0.25, 0.3) is 0 Å². The average Bonchev–Trinajstić information content (AvgIpc) is 2.76. The molecular weight excluding hydrogens is 362 g/mol. The average molecular weight is 390 g/mol. The number of anilines is 2. The predicted octanol–water partition coefficient (Wildman–Crippen LogP) is 7.94. The van der Waals surface area contributed by atoms with Crippen molar-refractivity contribution in [3.8, 4) is 0 Å². The lowest BCUT2D eigenvalue weighted by molar-refractivity contribution is 1.35. The Bertz CT molecular complexity index is 1150. The summed E-state index contributed by atoms with van der Waals surface area (Å²) in [6.45, 7) is 6.43. The molecule has 0 amide bonds. The van der Waals surface area contributed by atoms with Gasteiger partial charge in [0, 0.05) is 11.4 Å². The maximum absolute atomic E-state index is 3.47. The van der Waals surface area contributed by atoms with Gasteiger partial charge in [-0.2, -0.15) is 0 Å². The van der Waals surface area contributed by atoms with Crippen molar-refractivity contribution in [3.63, 3.8) is 0 Å². The molecule has 0 radical (unpaired) electrons. The first-order valence-electron chi connectivity index (χ1n) is 10.4. The zero-order valence-corrected chi connectivity index (χ0v) is 17.8. The Kier molecular flexibility index (Phi) is 5.81. The van der Waals surface area contributed by atoms with Crippen LogP contribution in [0.4, 0.5) is 11.4 Å². The van der Waals surface area contributed by atoms with Gasteiger partial charge in [0.05, 0.1) is 0 Å². The summed E-state index contributed by atoms with van der Waals surface area (Å²) in [6.07, 6.45) is 2.28. The Morgan fingerprint density at radius 2 is 1.23 bits per heavy atom. The van der Waals surface area contributed by atoms with Crippen molar-refractivity contribution in [2.24, 2.45) is 0 Å². The number of hydrogen-bond donors (Lipinski definition) is 1. The molecule has 1 heteroatoms. The van der Waals surface area contributed by atoms with Crippen molar-refractivity contribution in [1.82, 2.24) is 0 Å². The topological polar surface area (TPSA) is 12.0 Å². The monoisotopic (exact) mass is 389 g/mol. The maximum atomic E-state index is 3.47. The first-order chi connectivity index (χ1) is 14.6. The molecule has 30 heavy (non-hydrogen) atoms. The summed E-state index contributed by atoms with van der Waals surface area (Å²) >= 11 is 0. The van der Waals surface area contributed by atoms with Crippen LogP contribution in [-0.2, 0) is 0 Å². The van der Waals surface area contributed by atoms with Crippen LogP contribution in [0.2, 0.25) is 0 Å². The van der Waals surface area contributed by atoms with Crippen LogP contribution in [0.5, 0.6) is 0 Å². The molecular formula is C29H27N. The van der Waals surface area contributed by atoms with E-state index in [-0.39, 0.29) is 0 Å². The second-order valence-corrected chi connectivity index (χ2v) is 7.86. The van der Waals surface area contributed by atoms with Crippen LogP contribution >= 0.6 is 0 Å². The minimum absolute atomic E-state index is 1.09. The molecule has 0 aliphatic rings. The smallest absolute Gasteiger partial charge is 0.0384 e. The molecule has 0 unspecified atom stereocenters. The Morgan fingerprint density at radius 3 is 1.87 bits per heavy atom. The SMILES string of the molecule is Cc1ccc(Nc2ccc(/C=C(\c3ccccc3)c3ccc(C)cc3C)cc2)cc1. The van der Waals surface area contributed by atoms with Crippen molar-refractivity contribution < 1.29 is 0 Å². The number of nitrogens with one attached hydrogen (secondary N) is 1. The highest BCUT2D eigenvalue weighted by atomic mass is 14.9. The number of hydrogen-bond acceptors (Lipinski definition) is 1. The predicted molar refractivity (Wildman–Crippen MR) is 130 cm³/mol. The largest absolute Gasteiger partial charge is 0.356 e. The summed E-state index contributed by atoms with van der Waals surface area (Å²) in [5.41, 5.74) is 11.0. The second-order valence-electron chi connectivity index (χ2n) is 7.86. The molecule has 0 saturated carbocycles. The zero-order chi connectivity index (χ0) is 20.9. The van der Waals surface area contributed by atoms with E-state index in [1.54, 1.807) is 0 Å². The van der Waals surface area contributed by atoms with E-state index in [1.807, 2.05) is 0 Å². The molecule has 4 aromatic carbocycles. The molecule has 0 aromatic heterocycles. The van der Waals surface area contributed by atoms with Crippen LogP contribution in [0.15, 0.2) is 97.1 Å². The van der Waals surface area contributed by atoms with Gasteiger partial charge in [0.15, 0.2) is 0 Å². The Labute approximate surface area is 179 Å². The summed E-state index contributed by atoms with van der Waals surface area (Å²) in [7, 11) is 0. The van der Waals surface area contributed by atoms with E-state index in [9.17, 15) is 0 Å². The fourth-order valence-corrected chi connectivity index (χ4v) is 3.68. The van der Waals surface area contributed by atoms with Crippen molar-refractivity contribution in [2.45, 2.75) is 20.8 Å². The van der Waals surface area contributed by atoms with E-state index in [2.05, 4.69) is 129 Å². The Balaban J connectivity index is 1.67. The van der Waals surface area contributed by atoms with Gasteiger partial charge in [-0.25, -0.2) is 0 Å². The molecule has 148 valence electrons. The zero-order valence-electron chi connectivity index (χ0n) is 17.8. The van der Waals surface area contributed by atoms with E-state index in [4.69, 9.17) is 0 Å². The molecule has 4 rings (SSSR count). The molecule has 0 aliphatic carbocycles. The summed E-state index contributed by atoms with van der Waals surface area (Å²) in [6, 6.07) is 34.4. The van der Waals surface area contributed by atoms with Gasteiger partial charge in [-0.3, -0.25) is 0 Å². The lowest BCUT2D eigenvalue weighted by Crippen LogP contribution is -1.93. The first-order valence-corrected chi connectivity index (χ1v) is 10.4. The molecule has 4 aromatic rings. The third-order valence-corrected chi connectivity index (χ3v) is 5.32. The fraction of sp³-hybridized carbons (Fsp3) is 0.103. The molecule has 0 fully saturated rings. The van der Waals surface area contributed by atoms with Gasteiger partial charge in [-0.1, -0.05) is 83.9 Å². The van der Waals surface area contributed by atoms with Crippen LogP contribution in [0.3, 0.4) is 0 Å². The van der Waals surface area contributed by atoms with E-state index in [0.29, 0.717) is 0 Å². The summed E-state index contributed by atoms with van der Waals surface area (Å²) < 4.78 is 0. The van der Waals surface area contributed by atoms with E-state index in [0.717, 1.165) is 11.4 Å². The van der Waals surface area contributed by atoms with Crippen molar-refractivity contribution in [1.29, 1.82) is 0 Å². The van der Waals surface area contributed by atoms with Gasteiger partial charge in [0.1, 0.15) is 0 Å². The van der Waals surface area contributed by atoms with Crippen molar-refractivity contribution >= 4 is 23.0 Å². The second kappa shape index (κ2) is 8.84. The standard InChI is InChI=1S/C29H27N/c1-21-9-14-26(15-10-21)30-27-16-12-24(13-17-27)20-29(25-7-5-4-6-8-25)28-18-11-22(2)19-23(28)3/h4-20,30H,1-3H3/b29-20+. The van der Waals surface area contributed by atoms with Crippen LogP contribution in [0, 0.1) is 20.8 Å². The highest BCUT2D eigenvalue weighted by molar-refractivity contribution is 5.92. The number of rotatable bonds is 5. The van der Waals surface area contributed by atoms with E-state index in [1.165, 1.54) is 39.0 Å². The molecule has 0 saturated heterocycles. The van der Waals surface area contributed by atoms with Crippen LogP contribution in [0.25, 0.3) is 11.6 Å². The van der Waals surface area contributed by atoms with E-state index < -0.39 is 0 Å². The third kappa shape index (κ3) is 4.69. The number of benzene rings is 4. The highest BCUT2D eigenvalue weighted by Crippen LogP contribution is 2.29. The molecule has 0 aliphatic heterocycles. The fourth-order valence-electron chi connectivity index (χ4n) is 3.68. The Morgan fingerprint density at radius 1 is 0.633 bits per heavy atom. The van der Waals surface area contributed by atoms with Gasteiger partial charge < -0.3 is 5.32 Å². The molecule has 1 nitrogen and oxygen atoms in total. The lowest BCUT2D eigenvalue weighted by Gasteiger charge is -2.13. The minimum atomic E-state index is 1.09. The molecule has 1 N–H and O–H groups in total. The quantitative estimate of drug-likeness (QED) is 0.342. The molecule has 0 heterocycles. The maximum Gasteiger partial charge on any atom is 0.0384 e. The Hall–Kier alpha value is -3.58. The third-order valence-electron chi connectivity index (χ3n) is 5.32. The molecule has 0 spiro atoms. The normalized spacial score (nSPS) is 11.4. The van der Waals surface area contributed by atoms with Crippen LogP contribution < -0.4 is 5.32 Å². The van der Waals surface area contributed by atoms with Gasteiger partial charge in [-0.05, 0) is 78.9 Å². The van der Waals surface area contributed by atoms with Crippen molar-refractivity contribution in [3.05, 3.63) is 130 Å². The van der Waals surface area contributed by atoms with Crippen LogP contribution in [-0.4, -0.2) is 0 Å². The molecule has 0 bridgehead atoms. The molecule has 0 atom stereocenters. The van der Waals surface area contributed by atoms with Crippen LogP contribution in [0.1, 0.15) is 33.4 Å². The van der Waals surface area contributed by atoms with E-state index >= 15 is 0 Å². The summed E-state index contributed by atoms with van der Waals surface area (Å²) in [5, 5.41) is 3.47. The summed E-state index contributed by atoms with van der Waals surface area (Å²) in [5.74, 6) is 0. The minimum Gasteiger partial charge on any atom is -0.356 e. The van der Waals surface area contributed by atoms with Gasteiger partial charge in [-0.15, -0.1) is 0 Å². The highest BCUT2D eigenvalue weighted by Gasteiger charge is 2.08. The number of aryl methyl sites for hydroxylation is 3. The first kappa shape index (κ1) is 19.7. The lowest BCUT2D eigenvalue weighted by atomic mass is 9.92. The van der Waals surface area contributed by atoms with Gasteiger partial charge >= 0.3 is 0 Å². The van der Waals surface area contributed by atoms with Gasteiger partial charge in [0.2, 0.25) is 0 Å².